The van der Waals surface area contributed by atoms with Crippen LogP contribution in [0.2, 0.25) is 0 Å². The molecule has 0 radical (unpaired) electrons. The van der Waals surface area contributed by atoms with Gasteiger partial charge in [-0.05, 0) is 20.4 Å². The highest BCUT2D eigenvalue weighted by molar-refractivity contribution is 5.73. The van der Waals surface area contributed by atoms with Gasteiger partial charge in [0.25, 0.3) is 0 Å². The normalized spacial score (nSPS) is 43.8. The number of rotatable bonds is 12. The van der Waals surface area contributed by atoms with E-state index in [0.717, 1.165) is 0 Å². The second kappa shape index (κ2) is 15.8. The highest BCUT2D eigenvalue weighted by atomic mass is 16.7. The fraction of sp³-hybridized carbons (Fsp3) is 0.958. The van der Waals surface area contributed by atoms with Crippen LogP contribution in [0.4, 0.5) is 4.79 Å². The molecule has 0 aromatic rings. The molecule has 0 aromatic heterocycles. The lowest BCUT2D eigenvalue weighted by Gasteiger charge is -2.49. The van der Waals surface area contributed by atoms with Crippen LogP contribution in [0.5, 0.6) is 0 Å². The maximum Gasteiger partial charge on any atom is 0.341 e. The molecule has 2 amide bonds. The first kappa shape index (κ1) is 36.1. The third-order valence-corrected chi connectivity index (χ3v) is 7.93. The molecule has 0 aromatic carbocycles. The van der Waals surface area contributed by atoms with E-state index in [2.05, 4.69) is 16.0 Å². The van der Waals surface area contributed by atoms with Crippen molar-refractivity contribution in [2.45, 2.75) is 98.5 Å². The fourth-order valence-corrected chi connectivity index (χ4v) is 5.59. The lowest BCUT2D eigenvalue weighted by Crippen LogP contribution is -2.70. The summed E-state index contributed by atoms with van der Waals surface area (Å²) in [5.74, 6) is 0. The number of ether oxygens (including phenoxy) is 4. The molecule has 2 saturated heterocycles. The Kier molecular flexibility index (Phi) is 13.2. The van der Waals surface area contributed by atoms with Gasteiger partial charge in [0, 0.05) is 25.7 Å². The standard InChI is InChI=1S/C24H48N6O13/c1-24(38)9-40-21(17(36)20(24)27-2)43-19-11(29-23(37)30(39)5-3-25)7-10(26)18(16(19)35)42-22-15(34)14(33)13(32)12(41-22)8-28-4-6-31/h10-22,27-28,31-36,38-39H,3-9,25-26H2,1-2H3,(H,29,37)/t10-,11+,12+,13+,14-,15+,16-,17+,18+,19-,20+,21+,22+,24-/m0/s1. The minimum Gasteiger partial charge on any atom is -0.395 e. The number of carbonyl (C=O) groups excluding carboxylic acids is 1. The molecule has 252 valence electrons. The highest BCUT2D eigenvalue weighted by Gasteiger charge is 2.53. The van der Waals surface area contributed by atoms with E-state index in [9.17, 15) is 40.6 Å². The molecule has 1 saturated carbocycles. The van der Waals surface area contributed by atoms with E-state index >= 15 is 0 Å². The molecule has 2 heterocycles. The number of likely N-dealkylation sites (N-methyl/N-ethyl adjacent to an activating group) is 1. The third-order valence-electron chi connectivity index (χ3n) is 7.93. The molecule has 1 aliphatic carbocycles. The predicted octanol–water partition coefficient (Wildman–Crippen LogP) is -6.98. The third kappa shape index (κ3) is 8.47. The van der Waals surface area contributed by atoms with Crippen LogP contribution in [0.1, 0.15) is 13.3 Å². The van der Waals surface area contributed by atoms with Crippen LogP contribution in [-0.4, -0.2) is 184 Å². The van der Waals surface area contributed by atoms with Gasteiger partial charge in [-0.15, -0.1) is 0 Å². The number of hydrogen-bond donors (Lipinski definition) is 13. The fourth-order valence-electron chi connectivity index (χ4n) is 5.59. The number of urea groups is 1. The number of hydroxylamine groups is 2. The number of carbonyl (C=O) groups is 1. The van der Waals surface area contributed by atoms with Crippen molar-refractivity contribution in [2.75, 3.05) is 46.4 Å². The van der Waals surface area contributed by atoms with E-state index in [1.54, 1.807) is 0 Å². The van der Waals surface area contributed by atoms with E-state index in [-0.39, 0.29) is 45.8 Å². The van der Waals surface area contributed by atoms with Crippen LogP contribution in [0.25, 0.3) is 0 Å². The van der Waals surface area contributed by atoms with Crippen LogP contribution in [0, 0.1) is 0 Å². The monoisotopic (exact) mass is 628 g/mol. The first-order valence-corrected chi connectivity index (χ1v) is 14.2. The van der Waals surface area contributed by atoms with Crippen LogP contribution in [0.15, 0.2) is 0 Å². The molecule has 15 N–H and O–H groups in total. The molecular formula is C24H48N6O13. The summed E-state index contributed by atoms with van der Waals surface area (Å²) in [6.45, 7) is 0.920. The van der Waals surface area contributed by atoms with Gasteiger partial charge in [-0.3, -0.25) is 5.21 Å². The Morgan fingerprint density at radius 2 is 1.72 bits per heavy atom. The lowest BCUT2D eigenvalue weighted by molar-refractivity contribution is -0.330. The van der Waals surface area contributed by atoms with Gasteiger partial charge in [-0.2, -0.15) is 0 Å². The minimum absolute atomic E-state index is 0.0156. The average molecular weight is 629 g/mol. The van der Waals surface area contributed by atoms with Gasteiger partial charge in [0.1, 0.15) is 54.4 Å². The number of amides is 2. The van der Waals surface area contributed by atoms with Crippen molar-refractivity contribution < 1.29 is 64.7 Å². The SMILES string of the molecule is CN[C@@H]1[C@@H](O)[C@@H](O[C@@H]2[C@@H](O)[C@H](O[C@H]3O[C@H](CNCCO)[C@@H](O)[C@H](O)[C@H]3O)[C@@H](N)C[C@H]2NC(=O)N(O)CCN)OC[C@]1(C)O. The molecule has 2 aliphatic heterocycles. The van der Waals surface area contributed by atoms with Gasteiger partial charge in [0.05, 0.1) is 31.8 Å². The summed E-state index contributed by atoms with van der Waals surface area (Å²) in [7, 11) is 1.52. The number of nitrogens with two attached hydrogens (primary N) is 2. The Balaban J connectivity index is 1.83. The molecule has 19 heteroatoms. The molecular weight excluding hydrogens is 580 g/mol. The number of aliphatic hydroxyl groups excluding tert-OH is 6. The quantitative estimate of drug-likeness (QED) is 0.0542. The Morgan fingerprint density at radius 3 is 2.35 bits per heavy atom. The van der Waals surface area contributed by atoms with Gasteiger partial charge >= 0.3 is 6.03 Å². The number of aliphatic hydroxyl groups is 7. The molecule has 3 aliphatic rings. The number of nitrogens with one attached hydrogen (secondary N) is 3. The summed E-state index contributed by atoms with van der Waals surface area (Å²) < 4.78 is 23.1. The summed E-state index contributed by atoms with van der Waals surface area (Å²) in [5.41, 5.74) is 10.3. The lowest BCUT2D eigenvalue weighted by atomic mass is 9.83. The summed E-state index contributed by atoms with van der Waals surface area (Å²) in [4.78, 5) is 12.6. The van der Waals surface area contributed by atoms with E-state index in [4.69, 9.17) is 35.5 Å². The van der Waals surface area contributed by atoms with Crippen molar-refractivity contribution in [1.29, 1.82) is 0 Å². The van der Waals surface area contributed by atoms with Crippen molar-refractivity contribution in [3.05, 3.63) is 0 Å². The zero-order chi connectivity index (χ0) is 32.1. The van der Waals surface area contributed by atoms with Crippen LogP contribution in [0.3, 0.4) is 0 Å². The van der Waals surface area contributed by atoms with Crippen molar-refractivity contribution in [2.24, 2.45) is 11.5 Å². The molecule has 0 bridgehead atoms. The molecule has 3 rings (SSSR count). The van der Waals surface area contributed by atoms with E-state index < -0.39 is 91.2 Å². The number of hydrogen-bond acceptors (Lipinski definition) is 17. The van der Waals surface area contributed by atoms with Crippen molar-refractivity contribution in [3.8, 4) is 0 Å². The molecule has 0 unspecified atom stereocenters. The average Bonchev–Trinajstić information content (AvgIpc) is 2.95. The second-order valence-corrected chi connectivity index (χ2v) is 11.3. The summed E-state index contributed by atoms with van der Waals surface area (Å²) in [5, 5.41) is 91.8. The van der Waals surface area contributed by atoms with Crippen LogP contribution in [-0.2, 0) is 18.9 Å². The maximum absolute atomic E-state index is 12.6. The summed E-state index contributed by atoms with van der Waals surface area (Å²) >= 11 is 0. The molecule has 0 spiro atoms. The van der Waals surface area contributed by atoms with Gasteiger partial charge in [0.15, 0.2) is 12.6 Å². The zero-order valence-electron chi connectivity index (χ0n) is 24.2. The van der Waals surface area contributed by atoms with Crippen LogP contribution < -0.4 is 27.4 Å². The zero-order valence-corrected chi connectivity index (χ0v) is 24.2. The van der Waals surface area contributed by atoms with E-state index in [1.165, 1.54) is 14.0 Å². The van der Waals surface area contributed by atoms with Gasteiger partial charge in [0.2, 0.25) is 0 Å². The molecule has 43 heavy (non-hydrogen) atoms. The molecule has 3 fully saturated rings. The largest absolute Gasteiger partial charge is 0.395 e. The smallest absolute Gasteiger partial charge is 0.341 e. The summed E-state index contributed by atoms with van der Waals surface area (Å²) in [6, 6.07) is -3.97. The predicted molar refractivity (Wildman–Crippen MR) is 144 cm³/mol. The van der Waals surface area contributed by atoms with E-state index in [0.29, 0.717) is 5.06 Å². The van der Waals surface area contributed by atoms with Crippen LogP contribution >= 0.6 is 0 Å². The Hall–Kier alpha value is -1.37. The van der Waals surface area contributed by atoms with Gasteiger partial charge < -0.3 is 82.1 Å². The van der Waals surface area contributed by atoms with Gasteiger partial charge in [-0.1, -0.05) is 0 Å². The van der Waals surface area contributed by atoms with E-state index in [1.807, 2.05) is 0 Å². The maximum atomic E-state index is 12.6. The molecule has 14 atom stereocenters. The second-order valence-electron chi connectivity index (χ2n) is 11.3. The molecule has 19 nitrogen and oxygen atoms in total. The Bertz CT molecular complexity index is 880. The number of nitrogens with zero attached hydrogens (tertiary/aromatic N) is 1. The minimum atomic E-state index is -1.75. The Labute approximate surface area is 248 Å². The highest BCUT2D eigenvalue weighted by Crippen LogP contribution is 2.32. The van der Waals surface area contributed by atoms with Gasteiger partial charge in [-0.25, -0.2) is 9.86 Å². The summed E-state index contributed by atoms with van der Waals surface area (Å²) in [6.07, 6.45) is -14.9. The first-order valence-electron chi connectivity index (χ1n) is 14.2. The first-order chi connectivity index (χ1) is 20.3. The topological polar surface area (TPSA) is 307 Å². The van der Waals surface area contributed by atoms with Crippen molar-refractivity contribution in [3.63, 3.8) is 0 Å². The van der Waals surface area contributed by atoms with Crippen molar-refractivity contribution in [1.82, 2.24) is 21.0 Å². The Morgan fingerprint density at radius 1 is 1.05 bits per heavy atom. The van der Waals surface area contributed by atoms with Crippen molar-refractivity contribution >= 4 is 6.03 Å².